The SMILES string of the molecule is COc1cc(C)c(-c2cc(N)no2)cc1OC. The summed E-state index contributed by atoms with van der Waals surface area (Å²) < 4.78 is 15.6. The highest BCUT2D eigenvalue weighted by Gasteiger charge is 2.13. The monoisotopic (exact) mass is 234 g/mol. The van der Waals surface area contributed by atoms with Gasteiger partial charge < -0.3 is 19.7 Å². The Morgan fingerprint density at radius 2 is 1.76 bits per heavy atom. The maximum absolute atomic E-state index is 5.53. The summed E-state index contributed by atoms with van der Waals surface area (Å²) in [6.45, 7) is 1.95. The lowest BCUT2D eigenvalue weighted by Crippen LogP contribution is -1.93. The van der Waals surface area contributed by atoms with Gasteiger partial charge in [-0.05, 0) is 24.6 Å². The van der Waals surface area contributed by atoms with E-state index in [9.17, 15) is 0 Å². The molecule has 0 aliphatic heterocycles. The molecule has 0 radical (unpaired) electrons. The van der Waals surface area contributed by atoms with Crippen LogP contribution in [-0.2, 0) is 0 Å². The van der Waals surface area contributed by atoms with E-state index in [0.29, 0.717) is 23.1 Å². The Bertz CT molecular complexity index is 535. The summed E-state index contributed by atoms with van der Waals surface area (Å²) >= 11 is 0. The van der Waals surface area contributed by atoms with Gasteiger partial charge in [0.05, 0.1) is 14.2 Å². The molecule has 0 unspecified atom stereocenters. The van der Waals surface area contributed by atoms with Crippen LogP contribution in [0.4, 0.5) is 5.82 Å². The number of benzene rings is 1. The predicted octanol–water partition coefficient (Wildman–Crippen LogP) is 2.25. The van der Waals surface area contributed by atoms with Crippen molar-refractivity contribution >= 4 is 5.82 Å². The third kappa shape index (κ3) is 2.04. The molecule has 0 aliphatic carbocycles. The number of nitrogens with two attached hydrogens (primary N) is 1. The van der Waals surface area contributed by atoms with E-state index in [2.05, 4.69) is 5.16 Å². The number of ether oxygens (including phenoxy) is 2. The fourth-order valence-corrected chi connectivity index (χ4v) is 1.66. The van der Waals surface area contributed by atoms with Crippen molar-refractivity contribution in [2.24, 2.45) is 0 Å². The molecule has 0 bridgehead atoms. The van der Waals surface area contributed by atoms with Gasteiger partial charge in [-0.1, -0.05) is 5.16 Å². The van der Waals surface area contributed by atoms with Gasteiger partial charge in [0.15, 0.2) is 23.1 Å². The summed E-state index contributed by atoms with van der Waals surface area (Å²) in [5.74, 6) is 2.29. The predicted molar refractivity (Wildman–Crippen MR) is 64.2 cm³/mol. The van der Waals surface area contributed by atoms with Crippen LogP contribution in [0.5, 0.6) is 11.5 Å². The van der Waals surface area contributed by atoms with Crippen LogP contribution >= 0.6 is 0 Å². The van der Waals surface area contributed by atoms with Crippen molar-refractivity contribution in [2.75, 3.05) is 20.0 Å². The van der Waals surface area contributed by atoms with Crippen molar-refractivity contribution in [2.45, 2.75) is 6.92 Å². The van der Waals surface area contributed by atoms with E-state index >= 15 is 0 Å². The van der Waals surface area contributed by atoms with Gasteiger partial charge in [0, 0.05) is 11.6 Å². The van der Waals surface area contributed by atoms with Crippen LogP contribution in [0.15, 0.2) is 22.7 Å². The van der Waals surface area contributed by atoms with Crippen molar-refractivity contribution in [1.29, 1.82) is 0 Å². The second kappa shape index (κ2) is 4.37. The summed E-state index contributed by atoms with van der Waals surface area (Å²) in [6.07, 6.45) is 0. The molecule has 1 aromatic heterocycles. The van der Waals surface area contributed by atoms with Gasteiger partial charge in [-0.15, -0.1) is 0 Å². The fourth-order valence-electron chi connectivity index (χ4n) is 1.66. The molecule has 5 heteroatoms. The van der Waals surface area contributed by atoms with Crippen LogP contribution in [0.2, 0.25) is 0 Å². The molecule has 0 saturated heterocycles. The topological polar surface area (TPSA) is 70.5 Å². The van der Waals surface area contributed by atoms with Crippen LogP contribution in [0.25, 0.3) is 11.3 Å². The average molecular weight is 234 g/mol. The maximum Gasteiger partial charge on any atom is 0.169 e. The van der Waals surface area contributed by atoms with Crippen molar-refractivity contribution in [1.82, 2.24) is 5.16 Å². The molecule has 0 aliphatic rings. The molecule has 90 valence electrons. The highest BCUT2D eigenvalue weighted by molar-refractivity contribution is 5.68. The first-order valence-electron chi connectivity index (χ1n) is 5.11. The minimum absolute atomic E-state index is 0.356. The zero-order valence-corrected chi connectivity index (χ0v) is 9.98. The molecule has 0 amide bonds. The number of hydrogen-bond donors (Lipinski definition) is 1. The Labute approximate surface area is 99.1 Å². The van der Waals surface area contributed by atoms with E-state index in [1.165, 1.54) is 0 Å². The normalized spacial score (nSPS) is 10.3. The van der Waals surface area contributed by atoms with E-state index in [1.807, 2.05) is 19.1 Å². The van der Waals surface area contributed by atoms with Crippen LogP contribution in [0.1, 0.15) is 5.56 Å². The van der Waals surface area contributed by atoms with Crippen LogP contribution in [0, 0.1) is 6.92 Å². The Hall–Kier alpha value is -2.17. The third-order valence-electron chi connectivity index (χ3n) is 2.52. The van der Waals surface area contributed by atoms with Crippen molar-refractivity contribution < 1.29 is 14.0 Å². The van der Waals surface area contributed by atoms with Crippen molar-refractivity contribution in [3.05, 3.63) is 23.8 Å². The molecular formula is C12H14N2O3. The molecule has 2 aromatic rings. The number of nitrogen functional groups attached to an aromatic ring is 1. The lowest BCUT2D eigenvalue weighted by atomic mass is 10.1. The van der Waals surface area contributed by atoms with Crippen LogP contribution in [0.3, 0.4) is 0 Å². The minimum Gasteiger partial charge on any atom is -0.493 e. The number of methoxy groups -OCH3 is 2. The summed E-state index contributed by atoms with van der Waals surface area (Å²) in [5.41, 5.74) is 7.41. The van der Waals surface area contributed by atoms with Crippen molar-refractivity contribution in [3.63, 3.8) is 0 Å². The van der Waals surface area contributed by atoms with Gasteiger partial charge >= 0.3 is 0 Å². The number of rotatable bonds is 3. The average Bonchev–Trinajstić information content (AvgIpc) is 2.75. The molecule has 0 saturated carbocycles. The molecule has 1 aromatic carbocycles. The summed E-state index contributed by atoms with van der Waals surface area (Å²) in [4.78, 5) is 0. The molecule has 2 N–H and O–H groups in total. The molecule has 1 heterocycles. The Balaban J connectivity index is 2.55. The zero-order valence-electron chi connectivity index (χ0n) is 9.98. The van der Waals surface area contributed by atoms with Gasteiger partial charge in [-0.3, -0.25) is 0 Å². The van der Waals surface area contributed by atoms with Gasteiger partial charge in [-0.25, -0.2) is 0 Å². The highest BCUT2D eigenvalue weighted by Crippen LogP contribution is 2.35. The quantitative estimate of drug-likeness (QED) is 0.881. The van der Waals surface area contributed by atoms with E-state index < -0.39 is 0 Å². The maximum atomic E-state index is 5.53. The van der Waals surface area contributed by atoms with Gasteiger partial charge in [-0.2, -0.15) is 0 Å². The van der Waals surface area contributed by atoms with Crippen molar-refractivity contribution in [3.8, 4) is 22.8 Å². The van der Waals surface area contributed by atoms with E-state index in [-0.39, 0.29) is 0 Å². The summed E-state index contributed by atoms with van der Waals surface area (Å²) in [7, 11) is 3.19. The van der Waals surface area contributed by atoms with E-state index in [0.717, 1.165) is 11.1 Å². The fraction of sp³-hybridized carbons (Fsp3) is 0.250. The van der Waals surface area contributed by atoms with E-state index in [4.69, 9.17) is 19.7 Å². The Morgan fingerprint density at radius 1 is 1.12 bits per heavy atom. The first-order chi connectivity index (χ1) is 8.15. The van der Waals surface area contributed by atoms with Gasteiger partial charge in [0.1, 0.15) is 0 Å². The first kappa shape index (κ1) is 11.3. The lowest BCUT2D eigenvalue weighted by molar-refractivity contribution is 0.354. The number of aromatic nitrogens is 1. The molecule has 0 spiro atoms. The molecule has 0 atom stereocenters. The number of anilines is 1. The Kier molecular flexibility index (Phi) is 2.91. The smallest absolute Gasteiger partial charge is 0.169 e. The minimum atomic E-state index is 0.356. The number of nitrogens with zero attached hydrogens (tertiary/aromatic N) is 1. The second-order valence-electron chi connectivity index (χ2n) is 3.64. The number of aryl methyl sites for hydroxylation is 1. The molecule has 17 heavy (non-hydrogen) atoms. The molecule has 5 nitrogen and oxygen atoms in total. The van der Waals surface area contributed by atoms with Crippen LogP contribution in [-0.4, -0.2) is 19.4 Å². The second-order valence-corrected chi connectivity index (χ2v) is 3.64. The van der Waals surface area contributed by atoms with Gasteiger partial charge in [0.2, 0.25) is 0 Å². The zero-order chi connectivity index (χ0) is 12.4. The standard InChI is InChI=1S/C12H14N2O3/c1-7-4-10(15-2)11(16-3)5-8(7)9-6-12(13)14-17-9/h4-6H,1-3H3,(H2,13,14). The van der Waals surface area contributed by atoms with E-state index in [1.54, 1.807) is 20.3 Å². The summed E-state index contributed by atoms with van der Waals surface area (Å²) in [6, 6.07) is 5.40. The summed E-state index contributed by atoms with van der Waals surface area (Å²) in [5, 5.41) is 3.66. The third-order valence-corrected chi connectivity index (χ3v) is 2.52. The van der Waals surface area contributed by atoms with Gasteiger partial charge in [0.25, 0.3) is 0 Å². The van der Waals surface area contributed by atoms with Crippen LogP contribution < -0.4 is 15.2 Å². The highest BCUT2D eigenvalue weighted by atomic mass is 16.5. The molecule has 0 fully saturated rings. The molecule has 2 rings (SSSR count). The molecular weight excluding hydrogens is 220 g/mol. The largest absolute Gasteiger partial charge is 0.493 e. The number of hydrogen-bond acceptors (Lipinski definition) is 5. The Morgan fingerprint density at radius 3 is 2.29 bits per heavy atom. The first-order valence-corrected chi connectivity index (χ1v) is 5.11. The lowest BCUT2D eigenvalue weighted by Gasteiger charge is -2.10.